The normalized spacial score (nSPS) is 13.3. The van der Waals surface area contributed by atoms with Crippen LogP contribution >= 0.6 is 0 Å². The lowest BCUT2D eigenvalue weighted by molar-refractivity contribution is 0.0697. The first-order valence-corrected chi connectivity index (χ1v) is 11.7. The van der Waals surface area contributed by atoms with E-state index in [2.05, 4.69) is 5.32 Å². The van der Waals surface area contributed by atoms with Crippen molar-refractivity contribution >= 4 is 12.1 Å². The Morgan fingerprint density at radius 1 is 0.853 bits per heavy atom. The molecule has 4 rings (SSSR count). The van der Waals surface area contributed by atoms with Gasteiger partial charge < -0.3 is 20.9 Å². The summed E-state index contributed by atoms with van der Waals surface area (Å²) >= 11 is 0. The Balaban J connectivity index is 0.000000396. The first kappa shape index (κ1) is 25.0. The first-order chi connectivity index (χ1) is 16.5. The van der Waals surface area contributed by atoms with Crippen molar-refractivity contribution < 1.29 is 19.4 Å². The highest BCUT2D eigenvalue weighted by Gasteiger charge is 2.14. The van der Waals surface area contributed by atoms with Gasteiger partial charge in [0.2, 0.25) is 0 Å². The monoisotopic (exact) mass is 460 g/mol. The van der Waals surface area contributed by atoms with E-state index in [0.717, 1.165) is 16.7 Å². The summed E-state index contributed by atoms with van der Waals surface area (Å²) < 4.78 is 5.21. The SMILES string of the molecule is NC1CCCCC1.O=C(NCc1ccccc1-c1ccccc1C(=O)O)OCc1ccccc1. The molecule has 34 heavy (non-hydrogen) atoms. The third kappa shape index (κ3) is 7.74. The highest BCUT2D eigenvalue weighted by molar-refractivity contribution is 5.96. The fourth-order valence-electron chi connectivity index (χ4n) is 3.92. The molecule has 6 nitrogen and oxygen atoms in total. The van der Waals surface area contributed by atoms with Gasteiger partial charge in [-0.15, -0.1) is 0 Å². The number of benzene rings is 3. The van der Waals surface area contributed by atoms with E-state index < -0.39 is 12.1 Å². The zero-order chi connectivity index (χ0) is 24.2. The Hall–Kier alpha value is -3.64. The molecule has 0 spiro atoms. The standard InChI is InChI=1S/C22H19NO4.C6H13N/c24-21(25)20-13-7-6-12-19(20)18-11-5-4-10-17(18)14-23-22(26)27-15-16-8-2-1-3-9-16;7-6-4-2-1-3-5-6/h1-13H,14-15H2,(H,23,26)(H,24,25);6H,1-5,7H2. The number of carboxylic acid groups (broad SMARTS) is 1. The number of alkyl carbamates (subject to hydrolysis) is 1. The van der Waals surface area contributed by atoms with E-state index in [9.17, 15) is 14.7 Å². The molecule has 3 aromatic carbocycles. The Morgan fingerprint density at radius 2 is 1.47 bits per heavy atom. The van der Waals surface area contributed by atoms with Crippen LogP contribution in [0.3, 0.4) is 0 Å². The molecule has 1 aliphatic carbocycles. The van der Waals surface area contributed by atoms with Crippen molar-refractivity contribution in [3.05, 3.63) is 95.6 Å². The molecule has 1 fully saturated rings. The number of hydrogen-bond donors (Lipinski definition) is 3. The maximum absolute atomic E-state index is 12.0. The molecular weight excluding hydrogens is 428 g/mol. The van der Waals surface area contributed by atoms with E-state index in [1.54, 1.807) is 24.3 Å². The highest BCUT2D eigenvalue weighted by atomic mass is 16.5. The molecule has 0 aromatic heterocycles. The largest absolute Gasteiger partial charge is 0.478 e. The highest BCUT2D eigenvalue weighted by Crippen LogP contribution is 2.27. The van der Waals surface area contributed by atoms with Crippen LogP contribution in [0.15, 0.2) is 78.9 Å². The molecule has 0 saturated heterocycles. The number of amides is 1. The fraction of sp³-hybridized carbons (Fsp3) is 0.286. The van der Waals surface area contributed by atoms with E-state index in [-0.39, 0.29) is 18.7 Å². The number of aromatic carboxylic acids is 1. The van der Waals surface area contributed by atoms with Gasteiger partial charge >= 0.3 is 12.1 Å². The number of rotatable bonds is 6. The van der Waals surface area contributed by atoms with Gasteiger partial charge in [0.05, 0.1) is 5.56 Å². The molecule has 0 atom stereocenters. The number of nitrogens with one attached hydrogen (secondary N) is 1. The summed E-state index contributed by atoms with van der Waals surface area (Å²) in [6.07, 6.45) is 6.14. The maximum Gasteiger partial charge on any atom is 0.407 e. The van der Waals surface area contributed by atoms with Crippen LogP contribution in [0.4, 0.5) is 4.79 Å². The summed E-state index contributed by atoms with van der Waals surface area (Å²) in [5, 5.41) is 12.1. The molecule has 0 unspecified atom stereocenters. The lowest BCUT2D eigenvalue weighted by atomic mass is 9.95. The van der Waals surface area contributed by atoms with Gasteiger partial charge in [-0.2, -0.15) is 0 Å². The average molecular weight is 461 g/mol. The van der Waals surface area contributed by atoms with Gasteiger partial charge in [0.15, 0.2) is 0 Å². The van der Waals surface area contributed by atoms with E-state index in [1.807, 2.05) is 54.6 Å². The minimum absolute atomic E-state index is 0.191. The van der Waals surface area contributed by atoms with Crippen molar-refractivity contribution in [2.75, 3.05) is 0 Å². The summed E-state index contributed by atoms with van der Waals surface area (Å²) in [5.74, 6) is -0.990. The number of carbonyl (C=O) groups is 2. The number of carboxylic acids is 1. The minimum atomic E-state index is -0.990. The number of hydrogen-bond acceptors (Lipinski definition) is 4. The molecule has 178 valence electrons. The van der Waals surface area contributed by atoms with Crippen LogP contribution < -0.4 is 11.1 Å². The second kappa shape index (κ2) is 13.2. The molecule has 1 aliphatic rings. The summed E-state index contributed by atoms with van der Waals surface area (Å²) in [5.41, 5.74) is 8.94. The van der Waals surface area contributed by atoms with Gasteiger partial charge in [-0.3, -0.25) is 0 Å². The molecule has 0 aliphatic heterocycles. The van der Waals surface area contributed by atoms with Gasteiger partial charge in [-0.05, 0) is 41.2 Å². The van der Waals surface area contributed by atoms with Gasteiger partial charge in [-0.1, -0.05) is 92.1 Å². The van der Waals surface area contributed by atoms with E-state index in [4.69, 9.17) is 10.5 Å². The molecule has 3 aromatic rings. The van der Waals surface area contributed by atoms with E-state index in [0.29, 0.717) is 11.6 Å². The predicted molar refractivity (Wildman–Crippen MR) is 133 cm³/mol. The molecule has 0 bridgehead atoms. The predicted octanol–water partition coefficient (Wildman–Crippen LogP) is 5.76. The summed E-state index contributed by atoms with van der Waals surface area (Å²) in [4.78, 5) is 23.5. The smallest absolute Gasteiger partial charge is 0.407 e. The fourth-order valence-corrected chi connectivity index (χ4v) is 3.92. The second-order valence-electron chi connectivity index (χ2n) is 8.32. The van der Waals surface area contributed by atoms with Crippen molar-refractivity contribution in [2.45, 2.75) is 51.3 Å². The zero-order valence-electron chi connectivity index (χ0n) is 19.3. The van der Waals surface area contributed by atoms with E-state index in [1.165, 1.54) is 32.1 Å². The van der Waals surface area contributed by atoms with Crippen molar-refractivity contribution in [2.24, 2.45) is 5.73 Å². The number of ether oxygens (including phenoxy) is 1. The van der Waals surface area contributed by atoms with Crippen LogP contribution in [-0.4, -0.2) is 23.2 Å². The molecule has 1 saturated carbocycles. The van der Waals surface area contributed by atoms with Crippen LogP contribution in [0.5, 0.6) is 0 Å². The summed E-state index contributed by atoms with van der Waals surface area (Å²) in [6.45, 7) is 0.425. The van der Waals surface area contributed by atoms with Gasteiger partial charge in [0.25, 0.3) is 0 Å². The molecule has 6 heteroatoms. The van der Waals surface area contributed by atoms with Gasteiger partial charge in [0.1, 0.15) is 6.61 Å². The summed E-state index contributed by atoms with van der Waals surface area (Å²) in [7, 11) is 0. The maximum atomic E-state index is 12.0. The van der Waals surface area contributed by atoms with Gasteiger partial charge in [0, 0.05) is 12.6 Å². The molecular formula is C28H32N2O4. The zero-order valence-corrected chi connectivity index (χ0v) is 19.3. The van der Waals surface area contributed by atoms with Crippen LogP contribution in [0.25, 0.3) is 11.1 Å². The van der Waals surface area contributed by atoms with Crippen LogP contribution in [-0.2, 0) is 17.9 Å². The second-order valence-corrected chi connectivity index (χ2v) is 8.32. The van der Waals surface area contributed by atoms with Gasteiger partial charge in [-0.25, -0.2) is 9.59 Å². The Kier molecular flexibility index (Phi) is 9.67. The van der Waals surface area contributed by atoms with Crippen molar-refractivity contribution in [1.29, 1.82) is 0 Å². The van der Waals surface area contributed by atoms with Crippen LogP contribution in [0.2, 0.25) is 0 Å². The van der Waals surface area contributed by atoms with Crippen LogP contribution in [0.1, 0.15) is 53.6 Å². The van der Waals surface area contributed by atoms with Crippen LogP contribution in [0, 0.1) is 0 Å². The van der Waals surface area contributed by atoms with Crippen molar-refractivity contribution in [1.82, 2.24) is 5.32 Å². The molecule has 0 heterocycles. The third-order valence-corrected chi connectivity index (χ3v) is 5.75. The van der Waals surface area contributed by atoms with E-state index >= 15 is 0 Å². The third-order valence-electron chi connectivity index (χ3n) is 5.75. The van der Waals surface area contributed by atoms with Crippen molar-refractivity contribution in [3.63, 3.8) is 0 Å². The average Bonchev–Trinajstić information content (AvgIpc) is 2.88. The number of nitrogens with two attached hydrogens (primary N) is 1. The Labute approximate surface area is 200 Å². The minimum Gasteiger partial charge on any atom is -0.478 e. The first-order valence-electron chi connectivity index (χ1n) is 11.7. The topological polar surface area (TPSA) is 102 Å². The molecule has 0 radical (unpaired) electrons. The molecule has 1 amide bonds. The lowest BCUT2D eigenvalue weighted by Gasteiger charge is -2.15. The quantitative estimate of drug-likeness (QED) is 0.434. The summed E-state index contributed by atoms with van der Waals surface area (Å²) in [6, 6.07) is 24.1. The lowest BCUT2D eigenvalue weighted by Crippen LogP contribution is -2.24. The number of carbonyl (C=O) groups excluding carboxylic acids is 1. The molecule has 4 N–H and O–H groups in total. The Bertz CT molecular complexity index is 1060. The Morgan fingerprint density at radius 3 is 2.12 bits per heavy atom. The van der Waals surface area contributed by atoms with Crippen molar-refractivity contribution in [3.8, 4) is 11.1 Å².